The van der Waals surface area contributed by atoms with Gasteiger partial charge in [-0.2, -0.15) is 0 Å². The fourth-order valence-corrected chi connectivity index (χ4v) is 2.64. The number of hydrogen-bond donors (Lipinski definition) is 1. The van der Waals surface area contributed by atoms with E-state index in [4.69, 9.17) is 9.72 Å². The Morgan fingerprint density at radius 3 is 2.12 bits per heavy atom. The molecule has 0 spiro atoms. The van der Waals surface area contributed by atoms with Crippen LogP contribution in [0.15, 0.2) is 60.7 Å². The van der Waals surface area contributed by atoms with Gasteiger partial charge in [0, 0.05) is 5.69 Å². The molecule has 0 atom stereocenters. The Balaban J connectivity index is 1.83. The van der Waals surface area contributed by atoms with Crippen molar-refractivity contribution >= 4 is 11.5 Å². The van der Waals surface area contributed by atoms with Gasteiger partial charge in [0.25, 0.3) is 0 Å². The van der Waals surface area contributed by atoms with Gasteiger partial charge < -0.3 is 10.1 Å². The minimum Gasteiger partial charge on any atom is -0.487 e. The summed E-state index contributed by atoms with van der Waals surface area (Å²) in [5.41, 5.74) is 5.31. The molecule has 0 saturated heterocycles. The lowest BCUT2D eigenvalue weighted by atomic mass is 10.1. The second kappa shape index (κ2) is 7.18. The van der Waals surface area contributed by atoms with Crippen LogP contribution >= 0.6 is 0 Å². The van der Waals surface area contributed by atoms with E-state index in [1.807, 2.05) is 55.5 Å². The number of nitrogens with one attached hydrogen (secondary N) is 1. The molecular formula is C21H22N2O. The molecular weight excluding hydrogens is 296 g/mol. The van der Waals surface area contributed by atoms with Crippen molar-refractivity contribution in [2.24, 2.45) is 0 Å². The van der Waals surface area contributed by atoms with Gasteiger partial charge in [0.15, 0.2) is 0 Å². The molecule has 1 aromatic heterocycles. The van der Waals surface area contributed by atoms with Crippen LogP contribution < -0.4 is 10.1 Å². The molecule has 0 aliphatic carbocycles. The van der Waals surface area contributed by atoms with E-state index in [1.54, 1.807) is 0 Å². The van der Waals surface area contributed by atoms with Gasteiger partial charge in [0.1, 0.15) is 18.2 Å². The van der Waals surface area contributed by atoms with Gasteiger partial charge in [-0.15, -0.1) is 0 Å². The van der Waals surface area contributed by atoms with E-state index in [-0.39, 0.29) is 0 Å². The number of hydrogen-bond acceptors (Lipinski definition) is 3. The number of aromatic nitrogens is 1. The SMILES string of the molecule is Cc1nc(Nc2ccccc2)c(C)c(C)c1OCc1ccccc1. The maximum atomic E-state index is 6.05. The molecule has 2 aromatic carbocycles. The van der Waals surface area contributed by atoms with Crippen molar-refractivity contribution in [3.8, 4) is 5.75 Å². The lowest BCUT2D eigenvalue weighted by Gasteiger charge is -2.17. The van der Waals surface area contributed by atoms with Crippen molar-refractivity contribution in [2.75, 3.05) is 5.32 Å². The van der Waals surface area contributed by atoms with E-state index in [1.165, 1.54) is 0 Å². The number of ether oxygens (including phenoxy) is 1. The summed E-state index contributed by atoms with van der Waals surface area (Å²) in [6.07, 6.45) is 0. The Morgan fingerprint density at radius 1 is 0.833 bits per heavy atom. The molecule has 122 valence electrons. The van der Waals surface area contributed by atoms with Crippen molar-refractivity contribution in [3.63, 3.8) is 0 Å². The summed E-state index contributed by atoms with van der Waals surface area (Å²) >= 11 is 0. The Hall–Kier alpha value is -2.81. The number of anilines is 2. The Morgan fingerprint density at radius 2 is 1.46 bits per heavy atom. The van der Waals surface area contributed by atoms with Crippen LogP contribution in [0.3, 0.4) is 0 Å². The van der Waals surface area contributed by atoms with Crippen LogP contribution in [0.5, 0.6) is 5.75 Å². The summed E-state index contributed by atoms with van der Waals surface area (Å²) in [4.78, 5) is 4.70. The van der Waals surface area contributed by atoms with Crippen LogP contribution in [-0.2, 0) is 6.61 Å². The number of aryl methyl sites for hydroxylation is 1. The van der Waals surface area contributed by atoms with Crippen molar-refractivity contribution in [2.45, 2.75) is 27.4 Å². The molecule has 0 aliphatic heterocycles. The Kier molecular flexibility index (Phi) is 4.80. The first-order valence-corrected chi connectivity index (χ1v) is 8.11. The number of benzene rings is 2. The smallest absolute Gasteiger partial charge is 0.144 e. The summed E-state index contributed by atoms with van der Waals surface area (Å²) in [7, 11) is 0. The largest absolute Gasteiger partial charge is 0.487 e. The minimum atomic E-state index is 0.551. The third-order valence-corrected chi connectivity index (χ3v) is 4.13. The molecule has 0 saturated carbocycles. The maximum Gasteiger partial charge on any atom is 0.144 e. The average Bonchev–Trinajstić information content (AvgIpc) is 2.61. The summed E-state index contributed by atoms with van der Waals surface area (Å²) < 4.78 is 6.05. The molecule has 0 amide bonds. The summed E-state index contributed by atoms with van der Waals surface area (Å²) in [5.74, 6) is 1.75. The van der Waals surface area contributed by atoms with Crippen molar-refractivity contribution in [1.82, 2.24) is 4.98 Å². The highest BCUT2D eigenvalue weighted by molar-refractivity contribution is 5.63. The molecule has 1 N–H and O–H groups in total. The highest BCUT2D eigenvalue weighted by Crippen LogP contribution is 2.31. The highest BCUT2D eigenvalue weighted by atomic mass is 16.5. The fraction of sp³-hybridized carbons (Fsp3) is 0.190. The quantitative estimate of drug-likeness (QED) is 0.690. The number of rotatable bonds is 5. The Labute approximate surface area is 143 Å². The number of para-hydroxylation sites is 1. The summed E-state index contributed by atoms with van der Waals surface area (Å²) in [6, 6.07) is 20.3. The molecule has 1 heterocycles. The van der Waals surface area contributed by atoms with Gasteiger partial charge in [-0.1, -0.05) is 48.5 Å². The lowest BCUT2D eigenvalue weighted by molar-refractivity contribution is 0.300. The van der Waals surface area contributed by atoms with E-state index in [2.05, 4.69) is 31.3 Å². The third kappa shape index (κ3) is 3.57. The van der Waals surface area contributed by atoms with E-state index in [9.17, 15) is 0 Å². The molecule has 0 bridgehead atoms. The van der Waals surface area contributed by atoms with Crippen LogP contribution in [0.1, 0.15) is 22.4 Å². The highest BCUT2D eigenvalue weighted by Gasteiger charge is 2.13. The molecule has 24 heavy (non-hydrogen) atoms. The molecule has 3 heteroatoms. The molecule has 0 aliphatic rings. The topological polar surface area (TPSA) is 34.2 Å². The third-order valence-electron chi connectivity index (χ3n) is 4.13. The Bertz CT molecular complexity index is 814. The first-order valence-electron chi connectivity index (χ1n) is 8.11. The summed E-state index contributed by atoms with van der Waals surface area (Å²) in [6.45, 7) is 6.70. The van der Waals surface area contributed by atoms with Gasteiger partial charge in [-0.05, 0) is 49.6 Å². The van der Waals surface area contributed by atoms with Gasteiger partial charge in [0.2, 0.25) is 0 Å². The van der Waals surface area contributed by atoms with E-state index >= 15 is 0 Å². The van der Waals surface area contributed by atoms with Crippen LogP contribution in [0, 0.1) is 20.8 Å². The second-order valence-corrected chi connectivity index (χ2v) is 5.89. The van der Waals surface area contributed by atoms with Gasteiger partial charge in [-0.3, -0.25) is 0 Å². The molecule has 0 fully saturated rings. The predicted molar refractivity (Wildman–Crippen MR) is 98.9 cm³/mol. The average molecular weight is 318 g/mol. The minimum absolute atomic E-state index is 0.551. The molecule has 3 aromatic rings. The van der Waals surface area contributed by atoms with Gasteiger partial charge in [-0.25, -0.2) is 4.98 Å². The standard InChI is InChI=1S/C21H22N2O/c1-15-16(2)21(23-19-12-8-5-9-13-19)22-17(3)20(15)24-14-18-10-6-4-7-11-18/h4-13H,14H2,1-3H3,(H,22,23). The normalized spacial score (nSPS) is 10.5. The van der Waals surface area contributed by atoms with E-state index < -0.39 is 0 Å². The first-order chi connectivity index (χ1) is 11.6. The maximum absolute atomic E-state index is 6.05. The molecule has 0 radical (unpaired) electrons. The predicted octanol–water partition coefficient (Wildman–Crippen LogP) is 5.33. The fourth-order valence-electron chi connectivity index (χ4n) is 2.64. The van der Waals surface area contributed by atoms with Crippen molar-refractivity contribution in [1.29, 1.82) is 0 Å². The van der Waals surface area contributed by atoms with Crippen molar-refractivity contribution in [3.05, 3.63) is 83.0 Å². The lowest BCUT2D eigenvalue weighted by Crippen LogP contribution is -2.05. The van der Waals surface area contributed by atoms with Gasteiger partial charge >= 0.3 is 0 Å². The van der Waals surface area contributed by atoms with Gasteiger partial charge in [0.05, 0.1) is 5.69 Å². The van der Waals surface area contributed by atoms with E-state index in [0.29, 0.717) is 6.61 Å². The number of pyridine rings is 1. The first kappa shape index (κ1) is 16.1. The zero-order chi connectivity index (χ0) is 16.9. The second-order valence-electron chi connectivity index (χ2n) is 5.89. The molecule has 3 nitrogen and oxygen atoms in total. The van der Waals surface area contributed by atoms with Crippen LogP contribution in [0.25, 0.3) is 0 Å². The van der Waals surface area contributed by atoms with Crippen LogP contribution in [-0.4, -0.2) is 4.98 Å². The van der Waals surface area contributed by atoms with E-state index in [0.717, 1.165) is 39.6 Å². The monoisotopic (exact) mass is 318 g/mol. The zero-order valence-electron chi connectivity index (χ0n) is 14.3. The molecule has 3 rings (SSSR count). The van der Waals surface area contributed by atoms with Crippen LogP contribution in [0.4, 0.5) is 11.5 Å². The van der Waals surface area contributed by atoms with Crippen molar-refractivity contribution < 1.29 is 4.74 Å². The van der Waals surface area contributed by atoms with Crippen LogP contribution in [0.2, 0.25) is 0 Å². The zero-order valence-corrected chi connectivity index (χ0v) is 14.3. The molecule has 0 unspecified atom stereocenters. The number of nitrogens with zero attached hydrogens (tertiary/aromatic N) is 1. The summed E-state index contributed by atoms with van der Waals surface area (Å²) in [5, 5.41) is 3.39.